The largest absolute Gasteiger partial charge is 0.359 e. The van der Waals surface area contributed by atoms with E-state index in [0.717, 1.165) is 18.1 Å². The highest BCUT2D eigenvalue weighted by molar-refractivity contribution is 14.0. The van der Waals surface area contributed by atoms with Gasteiger partial charge >= 0.3 is 0 Å². The molecule has 1 atom stereocenters. The SMILES string of the molecule is CN=C(NC)NCC(C)c1c(Cl)cccc1Cl.I. The van der Waals surface area contributed by atoms with Gasteiger partial charge < -0.3 is 10.6 Å². The quantitative estimate of drug-likeness (QED) is 0.462. The van der Waals surface area contributed by atoms with Crippen LogP contribution in [-0.4, -0.2) is 26.6 Å². The van der Waals surface area contributed by atoms with Gasteiger partial charge in [-0.05, 0) is 17.7 Å². The maximum Gasteiger partial charge on any atom is 0.190 e. The molecule has 2 N–H and O–H groups in total. The number of hydrogen-bond acceptors (Lipinski definition) is 1. The molecule has 1 rings (SSSR count). The summed E-state index contributed by atoms with van der Waals surface area (Å²) in [6, 6.07) is 5.55. The summed E-state index contributed by atoms with van der Waals surface area (Å²) in [5, 5.41) is 7.55. The standard InChI is InChI=1S/C12H17Cl2N3.HI/c1-8(7-17-12(15-2)16-3)11-9(13)5-4-6-10(11)14;/h4-6,8H,7H2,1-3H3,(H2,15,16,17);1H. The molecule has 18 heavy (non-hydrogen) atoms. The summed E-state index contributed by atoms with van der Waals surface area (Å²) in [7, 11) is 3.55. The Morgan fingerprint density at radius 1 is 1.33 bits per heavy atom. The van der Waals surface area contributed by atoms with Crippen LogP contribution in [0.25, 0.3) is 0 Å². The Morgan fingerprint density at radius 2 is 1.89 bits per heavy atom. The molecule has 0 aliphatic carbocycles. The summed E-state index contributed by atoms with van der Waals surface area (Å²) in [6.45, 7) is 2.79. The Labute approximate surface area is 135 Å². The molecule has 0 fully saturated rings. The molecule has 0 amide bonds. The van der Waals surface area contributed by atoms with Crippen molar-refractivity contribution in [1.29, 1.82) is 0 Å². The Hall–Kier alpha value is -0.200. The zero-order valence-electron chi connectivity index (χ0n) is 10.6. The van der Waals surface area contributed by atoms with E-state index >= 15 is 0 Å². The summed E-state index contributed by atoms with van der Waals surface area (Å²) in [5.74, 6) is 0.960. The third-order valence-corrected chi connectivity index (χ3v) is 3.19. The van der Waals surface area contributed by atoms with Gasteiger partial charge in [-0.25, -0.2) is 0 Å². The molecule has 1 aromatic rings. The van der Waals surface area contributed by atoms with Crippen LogP contribution < -0.4 is 10.6 Å². The molecular formula is C12H18Cl2IN3. The Kier molecular flexibility index (Phi) is 8.73. The zero-order chi connectivity index (χ0) is 12.8. The summed E-state index contributed by atoms with van der Waals surface area (Å²) in [5.41, 5.74) is 0.967. The predicted molar refractivity (Wildman–Crippen MR) is 90.7 cm³/mol. The lowest BCUT2D eigenvalue weighted by Gasteiger charge is -2.17. The van der Waals surface area contributed by atoms with Gasteiger partial charge in [-0.15, -0.1) is 24.0 Å². The Bertz CT molecular complexity index is 390. The van der Waals surface area contributed by atoms with Crippen LogP contribution in [0, 0.1) is 0 Å². The maximum atomic E-state index is 6.15. The third-order valence-electron chi connectivity index (χ3n) is 2.53. The number of aliphatic imine (C=N–C) groups is 1. The molecule has 0 saturated heterocycles. The summed E-state index contributed by atoms with van der Waals surface area (Å²) >= 11 is 12.3. The van der Waals surface area contributed by atoms with Gasteiger partial charge in [0, 0.05) is 36.6 Å². The van der Waals surface area contributed by atoms with Crippen molar-refractivity contribution in [2.75, 3.05) is 20.6 Å². The van der Waals surface area contributed by atoms with Gasteiger partial charge in [0.2, 0.25) is 0 Å². The van der Waals surface area contributed by atoms with Gasteiger partial charge in [-0.3, -0.25) is 4.99 Å². The van der Waals surface area contributed by atoms with E-state index in [4.69, 9.17) is 23.2 Å². The normalized spacial score (nSPS) is 12.6. The average Bonchev–Trinajstić information content (AvgIpc) is 2.30. The van der Waals surface area contributed by atoms with Crippen molar-refractivity contribution in [2.24, 2.45) is 4.99 Å². The van der Waals surface area contributed by atoms with Crippen LogP contribution in [0.5, 0.6) is 0 Å². The van der Waals surface area contributed by atoms with Crippen molar-refractivity contribution in [2.45, 2.75) is 12.8 Å². The van der Waals surface area contributed by atoms with E-state index in [1.54, 1.807) is 7.05 Å². The fourth-order valence-corrected chi connectivity index (χ4v) is 2.38. The lowest BCUT2D eigenvalue weighted by molar-refractivity contribution is 0.709. The van der Waals surface area contributed by atoms with Crippen LogP contribution in [0.15, 0.2) is 23.2 Å². The number of nitrogens with zero attached hydrogens (tertiary/aromatic N) is 1. The van der Waals surface area contributed by atoms with Gasteiger partial charge in [-0.1, -0.05) is 36.2 Å². The minimum absolute atomic E-state index is 0. The van der Waals surface area contributed by atoms with E-state index in [1.807, 2.05) is 25.2 Å². The van der Waals surface area contributed by atoms with Crippen molar-refractivity contribution in [3.8, 4) is 0 Å². The molecule has 0 aliphatic rings. The molecule has 0 bridgehead atoms. The predicted octanol–water partition coefficient (Wildman–Crippen LogP) is 3.51. The zero-order valence-corrected chi connectivity index (χ0v) is 14.5. The molecule has 0 saturated carbocycles. The van der Waals surface area contributed by atoms with Crippen LogP contribution in [-0.2, 0) is 0 Å². The second-order valence-electron chi connectivity index (χ2n) is 3.74. The number of benzene rings is 1. The van der Waals surface area contributed by atoms with E-state index in [0.29, 0.717) is 10.0 Å². The third kappa shape index (κ3) is 4.82. The number of halogens is 3. The smallest absolute Gasteiger partial charge is 0.190 e. The fraction of sp³-hybridized carbons (Fsp3) is 0.417. The topological polar surface area (TPSA) is 36.4 Å². The lowest BCUT2D eigenvalue weighted by Crippen LogP contribution is -2.36. The number of guanidine groups is 1. The minimum Gasteiger partial charge on any atom is -0.359 e. The highest BCUT2D eigenvalue weighted by Gasteiger charge is 2.13. The van der Waals surface area contributed by atoms with Crippen LogP contribution in [0.3, 0.4) is 0 Å². The van der Waals surface area contributed by atoms with E-state index in [9.17, 15) is 0 Å². The monoisotopic (exact) mass is 401 g/mol. The molecule has 0 aliphatic heterocycles. The fourth-order valence-electron chi connectivity index (χ4n) is 1.61. The lowest BCUT2D eigenvalue weighted by atomic mass is 10.0. The molecule has 0 spiro atoms. The number of hydrogen-bond donors (Lipinski definition) is 2. The van der Waals surface area contributed by atoms with Gasteiger partial charge in [0.1, 0.15) is 0 Å². The van der Waals surface area contributed by atoms with Crippen LogP contribution >= 0.6 is 47.2 Å². The van der Waals surface area contributed by atoms with Gasteiger partial charge in [0.15, 0.2) is 5.96 Å². The summed E-state index contributed by atoms with van der Waals surface area (Å²) in [6.07, 6.45) is 0. The molecule has 1 aromatic carbocycles. The molecular weight excluding hydrogens is 384 g/mol. The average molecular weight is 402 g/mol. The van der Waals surface area contributed by atoms with Crippen molar-refractivity contribution in [3.63, 3.8) is 0 Å². The first-order valence-electron chi connectivity index (χ1n) is 5.42. The van der Waals surface area contributed by atoms with Crippen molar-refractivity contribution < 1.29 is 0 Å². The Morgan fingerprint density at radius 3 is 2.33 bits per heavy atom. The molecule has 1 unspecified atom stereocenters. The van der Waals surface area contributed by atoms with Gasteiger partial charge in [0.05, 0.1) is 0 Å². The van der Waals surface area contributed by atoms with E-state index < -0.39 is 0 Å². The molecule has 0 radical (unpaired) electrons. The first-order valence-corrected chi connectivity index (χ1v) is 6.18. The maximum absolute atomic E-state index is 6.15. The van der Waals surface area contributed by atoms with Crippen LogP contribution in [0.4, 0.5) is 0 Å². The Balaban J connectivity index is 0.00000289. The number of rotatable bonds is 3. The highest BCUT2D eigenvalue weighted by atomic mass is 127. The van der Waals surface area contributed by atoms with Gasteiger partial charge in [-0.2, -0.15) is 0 Å². The molecule has 0 heterocycles. The second kappa shape index (κ2) is 8.82. The molecule has 3 nitrogen and oxygen atoms in total. The van der Waals surface area contributed by atoms with E-state index in [-0.39, 0.29) is 29.9 Å². The second-order valence-corrected chi connectivity index (χ2v) is 4.55. The summed E-state index contributed by atoms with van der Waals surface area (Å²) < 4.78 is 0. The van der Waals surface area contributed by atoms with Crippen LogP contribution in [0.1, 0.15) is 18.4 Å². The number of nitrogens with one attached hydrogen (secondary N) is 2. The van der Waals surface area contributed by atoms with E-state index in [1.165, 1.54) is 0 Å². The van der Waals surface area contributed by atoms with Crippen molar-refractivity contribution >= 4 is 53.1 Å². The molecule has 102 valence electrons. The first-order chi connectivity index (χ1) is 8.10. The molecule has 6 heteroatoms. The van der Waals surface area contributed by atoms with E-state index in [2.05, 4.69) is 22.5 Å². The summed E-state index contributed by atoms with van der Waals surface area (Å²) in [4.78, 5) is 4.05. The van der Waals surface area contributed by atoms with Gasteiger partial charge in [0.25, 0.3) is 0 Å². The highest BCUT2D eigenvalue weighted by Crippen LogP contribution is 2.30. The van der Waals surface area contributed by atoms with Crippen molar-refractivity contribution in [3.05, 3.63) is 33.8 Å². The first kappa shape index (κ1) is 17.8. The molecule has 0 aromatic heterocycles. The van der Waals surface area contributed by atoms with Crippen molar-refractivity contribution in [1.82, 2.24) is 10.6 Å². The van der Waals surface area contributed by atoms with Crippen LogP contribution in [0.2, 0.25) is 10.0 Å². The minimum atomic E-state index is 0.